The predicted octanol–water partition coefficient (Wildman–Crippen LogP) is 3.37. The minimum absolute atomic E-state index is 0.0684. The number of hydrogen-bond acceptors (Lipinski definition) is 5. The van der Waals surface area contributed by atoms with Gasteiger partial charge in [-0.1, -0.05) is 18.2 Å². The van der Waals surface area contributed by atoms with Gasteiger partial charge in [-0.05, 0) is 47.0 Å². The first kappa shape index (κ1) is 19.7. The molecule has 30 heavy (non-hydrogen) atoms. The summed E-state index contributed by atoms with van der Waals surface area (Å²) in [5, 5.41) is 20.7. The summed E-state index contributed by atoms with van der Waals surface area (Å²) in [7, 11) is 0. The lowest BCUT2D eigenvalue weighted by Crippen LogP contribution is -2.27. The molecule has 2 heterocycles. The van der Waals surface area contributed by atoms with Crippen LogP contribution < -0.4 is 0 Å². The molecule has 0 spiro atoms. The molecule has 0 bridgehead atoms. The first-order chi connectivity index (χ1) is 14.4. The summed E-state index contributed by atoms with van der Waals surface area (Å²) >= 11 is 0. The van der Waals surface area contributed by atoms with Crippen molar-refractivity contribution in [2.45, 2.75) is 26.1 Å². The van der Waals surface area contributed by atoms with Gasteiger partial charge in [0.15, 0.2) is 0 Å². The highest BCUT2D eigenvalue weighted by atomic mass is 19.1. The van der Waals surface area contributed by atoms with Gasteiger partial charge >= 0.3 is 0 Å². The van der Waals surface area contributed by atoms with E-state index < -0.39 is 10.7 Å². The molecule has 152 valence electrons. The van der Waals surface area contributed by atoms with Crippen LogP contribution in [0.5, 0.6) is 0 Å². The van der Waals surface area contributed by atoms with Gasteiger partial charge < -0.3 is 10.0 Å². The number of carbonyl (C=O) groups excluding carboxylic acids is 1. The van der Waals surface area contributed by atoms with Crippen LogP contribution in [0.4, 0.5) is 10.1 Å². The number of nitrogens with zero attached hydrogens (tertiary/aromatic N) is 3. The largest absolute Gasteiger partial charge is 0.392 e. The highest BCUT2D eigenvalue weighted by Crippen LogP contribution is 2.27. The number of amides is 1. The normalized spacial score (nSPS) is 12.7. The molecular weight excluding hydrogens is 389 g/mol. The molecule has 3 aromatic rings. The second-order valence-corrected chi connectivity index (χ2v) is 7.11. The van der Waals surface area contributed by atoms with Gasteiger partial charge in [0.25, 0.3) is 5.69 Å². The zero-order valence-corrected chi connectivity index (χ0v) is 15.9. The van der Waals surface area contributed by atoms with Crippen LogP contribution >= 0.6 is 0 Å². The SMILES string of the molecule is O=C(Cc1nc(-c2ccc(F)cc2)ccc1[N+](=O)[O-])N1Cc2ccc(CO)cc2C1. The fourth-order valence-corrected chi connectivity index (χ4v) is 3.55. The maximum Gasteiger partial charge on any atom is 0.291 e. The first-order valence-electron chi connectivity index (χ1n) is 9.34. The van der Waals surface area contributed by atoms with Crippen molar-refractivity contribution in [1.82, 2.24) is 9.88 Å². The molecule has 0 radical (unpaired) electrons. The Balaban J connectivity index is 1.58. The molecule has 4 rings (SSSR count). The van der Waals surface area contributed by atoms with Crippen molar-refractivity contribution < 1.29 is 19.2 Å². The Morgan fingerprint density at radius 3 is 2.53 bits per heavy atom. The summed E-state index contributed by atoms with van der Waals surface area (Å²) < 4.78 is 13.2. The van der Waals surface area contributed by atoms with E-state index in [4.69, 9.17) is 0 Å². The number of aliphatic hydroxyl groups excluding tert-OH is 1. The molecule has 0 fully saturated rings. The third-order valence-electron chi connectivity index (χ3n) is 5.13. The van der Waals surface area contributed by atoms with Crippen LogP contribution in [0.25, 0.3) is 11.3 Å². The Kier molecular flexibility index (Phi) is 5.24. The van der Waals surface area contributed by atoms with Crippen LogP contribution in [0.3, 0.4) is 0 Å². The lowest BCUT2D eigenvalue weighted by Gasteiger charge is -2.15. The van der Waals surface area contributed by atoms with Crippen LogP contribution in [0.1, 0.15) is 22.4 Å². The Hall–Kier alpha value is -3.65. The summed E-state index contributed by atoms with van der Waals surface area (Å²) in [6, 6.07) is 14.0. The van der Waals surface area contributed by atoms with Crippen molar-refractivity contribution in [2.24, 2.45) is 0 Å². The van der Waals surface area contributed by atoms with Gasteiger partial charge in [-0.3, -0.25) is 14.9 Å². The van der Waals surface area contributed by atoms with Crippen molar-refractivity contribution >= 4 is 11.6 Å². The lowest BCUT2D eigenvalue weighted by molar-refractivity contribution is -0.385. The molecule has 1 N–H and O–H groups in total. The minimum atomic E-state index is -0.559. The molecule has 1 aromatic heterocycles. The Labute approximate surface area is 171 Å². The molecule has 2 aromatic carbocycles. The van der Waals surface area contributed by atoms with Gasteiger partial charge in [-0.2, -0.15) is 0 Å². The number of rotatable bonds is 5. The number of nitro groups is 1. The highest BCUT2D eigenvalue weighted by Gasteiger charge is 2.27. The van der Waals surface area contributed by atoms with Crippen molar-refractivity contribution in [1.29, 1.82) is 0 Å². The molecule has 8 heteroatoms. The van der Waals surface area contributed by atoms with Crippen LogP contribution in [0.2, 0.25) is 0 Å². The first-order valence-corrected chi connectivity index (χ1v) is 9.34. The van der Waals surface area contributed by atoms with E-state index in [1.54, 1.807) is 4.90 Å². The average molecular weight is 407 g/mol. The smallest absolute Gasteiger partial charge is 0.291 e. The zero-order valence-electron chi connectivity index (χ0n) is 15.9. The zero-order chi connectivity index (χ0) is 21.3. The number of carbonyl (C=O) groups is 1. The standard InChI is InChI=1S/C22H18FN3O4/c23-18-5-3-15(4-6-18)19-7-8-21(26(29)30)20(24-19)10-22(28)25-11-16-2-1-14(13-27)9-17(16)12-25/h1-9,27H,10-13H2. The van der Waals surface area contributed by atoms with Crippen LogP contribution in [-0.2, 0) is 30.9 Å². The Morgan fingerprint density at radius 1 is 1.10 bits per heavy atom. The van der Waals surface area contributed by atoms with E-state index in [1.807, 2.05) is 18.2 Å². The Bertz CT molecular complexity index is 1130. The van der Waals surface area contributed by atoms with Gasteiger partial charge in [0.1, 0.15) is 11.5 Å². The molecule has 0 aliphatic carbocycles. The van der Waals surface area contributed by atoms with E-state index in [-0.39, 0.29) is 30.3 Å². The third kappa shape index (κ3) is 3.90. The van der Waals surface area contributed by atoms with Crippen molar-refractivity contribution in [3.8, 4) is 11.3 Å². The highest BCUT2D eigenvalue weighted by molar-refractivity contribution is 5.80. The van der Waals surface area contributed by atoms with E-state index in [0.717, 1.165) is 16.7 Å². The second kappa shape index (κ2) is 8.00. The topological polar surface area (TPSA) is 96.6 Å². The molecule has 7 nitrogen and oxygen atoms in total. The van der Waals surface area contributed by atoms with E-state index >= 15 is 0 Å². The second-order valence-electron chi connectivity index (χ2n) is 7.11. The van der Waals surface area contributed by atoms with Crippen LogP contribution in [0, 0.1) is 15.9 Å². The summed E-state index contributed by atoms with van der Waals surface area (Å²) in [5.41, 5.74) is 3.59. The summed E-state index contributed by atoms with van der Waals surface area (Å²) in [5.74, 6) is -0.669. The number of aliphatic hydroxyl groups is 1. The number of halogens is 1. The number of pyridine rings is 1. The maximum absolute atomic E-state index is 13.2. The van der Waals surface area contributed by atoms with Gasteiger partial charge in [0, 0.05) is 24.7 Å². The molecule has 1 amide bonds. The lowest BCUT2D eigenvalue weighted by atomic mass is 10.1. The number of benzene rings is 2. The van der Waals surface area contributed by atoms with E-state index in [1.165, 1.54) is 36.4 Å². The van der Waals surface area contributed by atoms with E-state index in [0.29, 0.717) is 24.3 Å². The third-order valence-corrected chi connectivity index (χ3v) is 5.13. The van der Waals surface area contributed by atoms with Crippen LogP contribution in [-0.4, -0.2) is 25.8 Å². The maximum atomic E-state index is 13.2. The van der Waals surface area contributed by atoms with Gasteiger partial charge in [0.2, 0.25) is 5.91 Å². The summed E-state index contributed by atoms with van der Waals surface area (Å²) in [6.45, 7) is 0.715. The predicted molar refractivity (Wildman–Crippen MR) is 107 cm³/mol. The van der Waals surface area contributed by atoms with Crippen molar-refractivity contribution in [3.63, 3.8) is 0 Å². The average Bonchev–Trinajstić information content (AvgIpc) is 3.17. The molecule has 0 saturated heterocycles. The Morgan fingerprint density at radius 2 is 1.83 bits per heavy atom. The summed E-state index contributed by atoms with van der Waals surface area (Å²) in [4.78, 5) is 29.7. The van der Waals surface area contributed by atoms with Crippen molar-refractivity contribution in [3.05, 3.63) is 92.9 Å². The fourth-order valence-electron chi connectivity index (χ4n) is 3.55. The molecule has 1 aliphatic rings. The van der Waals surface area contributed by atoms with Gasteiger partial charge in [-0.15, -0.1) is 0 Å². The number of hydrogen-bond donors (Lipinski definition) is 1. The molecule has 0 atom stereocenters. The van der Waals surface area contributed by atoms with E-state index in [2.05, 4.69) is 4.98 Å². The van der Waals surface area contributed by atoms with E-state index in [9.17, 15) is 24.4 Å². The molecule has 1 aliphatic heterocycles. The molecular formula is C22H18FN3O4. The molecule has 0 unspecified atom stereocenters. The quantitative estimate of drug-likeness (QED) is 0.517. The van der Waals surface area contributed by atoms with Crippen LogP contribution in [0.15, 0.2) is 54.6 Å². The van der Waals surface area contributed by atoms with Crippen molar-refractivity contribution in [2.75, 3.05) is 0 Å². The monoisotopic (exact) mass is 407 g/mol. The van der Waals surface area contributed by atoms with Gasteiger partial charge in [-0.25, -0.2) is 9.37 Å². The minimum Gasteiger partial charge on any atom is -0.392 e. The fraction of sp³-hybridized carbons (Fsp3) is 0.182. The number of aromatic nitrogens is 1. The number of fused-ring (bicyclic) bond motifs is 1. The van der Waals surface area contributed by atoms with Gasteiger partial charge in [0.05, 0.1) is 23.6 Å². The molecule has 0 saturated carbocycles. The summed E-state index contributed by atoms with van der Waals surface area (Å²) in [6.07, 6.45) is -0.216.